The summed E-state index contributed by atoms with van der Waals surface area (Å²) >= 11 is 7.45. The van der Waals surface area contributed by atoms with Gasteiger partial charge in [0, 0.05) is 21.0 Å². The lowest BCUT2D eigenvalue weighted by atomic mass is 10.2. The molecule has 0 unspecified atom stereocenters. The number of nitrogens with one attached hydrogen (secondary N) is 1. The van der Waals surface area contributed by atoms with E-state index in [0.29, 0.717) is 16.5 Å². The number of anilines is 1. The SMILES string of the molecule is CSc1ccc(-c2nnc(NC(=O)c3ccc(Cl)cc3)o2)cc1. The molecule has 23 heavy (non-hydrogen) atoms. The first-order valence-corrected chi connectivity index (χ1v) is 8.31. The minimum absolute atomic E-state index is 0.0499. The maximum Gasteiger partial charge on any atom is 0.322 e. The lowest BCUT2D eigenvalue weighted by Gasteiger charge is -2.00. The standard InChI is InChI=1S/C16H12ClN3O2S/c1-23-13-8-4-11(5-9-13)15-19-20-16(22-15)18-14(21)10-2-6-12(17)7-3-10/h2-9H,1H3,(H,18,20,21). The molecule has 0 aliphatic heterocycles. The number of benzene rings is 2. The van der Waals surface area contributed by atoms with Gasteiger partial charge in [-0.2, -0.15) is 0 Å². The number of rotatable bonds is 4. The Labute approximate surface area is 142 Å². The molecule has 3 aromatic rings. The van der Waals surface area contributed by atoms with Crippen LogP contribution < -0.4 is 5.32 Å². The van der Waals surface area contributed by atoms with Crippen molar-refractivity contribution < 1.29 is 9.21 Å². The first-order valence-electron chi connectivity index (χ1n) is 6.70. The molecule has 2 aromatic carbocycles. The highest BCUT2D eigenvalue weighted by Gasteiger charge is 2.12. The summed E-state index contributed by atoms with van der Waals surface area (Å²) in [5.74, 6) is 0.0126. The van der Waals surface area contributed by atoms with Crippen LogP contribution in [-0.2, 0) is 0 Å². The van der Waals surface area contributed by atoms with E-state index < -0.39 is 0 Å². The van der Waals surface area contributed by atoms with Crippen molar-refractivity contribution in [2.45, 2.75) is 4.90 Å². The molecule has 116 valence electrons. The van der Waals surface area contributed by atoms with Crippen molar-refractivity contribution in [2.75, 3.05) is 11.6 Å². The highest BCUT2D eigenvalue weighted by atomic mass is 35.5. The third kappa shape index (κ3) is 3.72. The van der Waals surface area contributed by atoms with Crippen LogP contribution in [0.4, 0.5) is 6.01 Å². The number of hydrogen-bond acceptors (Lipinski definition) is 5. The van der Waals surface area contributed by atoms with Crippen LogP contribution >= 0.6 is 23.4 Å². The van der Waals surface area contributed by atoms with Gasteiger partial charge in [0.2, 0.25) is 5.89 Å². The molecule has 1 heterocycles. The number of carbonyl (C=O) groups excluding carboxylic acids is 1. The van der Waals surface area contributed by atoms with Crippen LogP contribution in [0.25, 0.3) is 11.5 Å². The lowest BCUT2D eigenvalue weighted by Crippen LogP contribution is -2.11. The Morgan fingerprint density at radius 3 is 2.43 bits per heavy atom. The van der Waals surface area contributed by atoms with Crippen LogP contribution in [-0.4, -0.2) is 22.4 Å². The molecule has 0 saturated heterocycles. The number of aromatic nitrogens is 2. The number of hydrogen-bond donors (Lipinski definition) is 1. The van der Waals surface area contributed by atoms with Gasteiger partial charge < -0.3 is 4.42 Å². The third-order valence-electron chi connectivity index (χ3n) is 3.09. The van der Waals surface area contributed by atoms with Crippen LogP contribution in [0.3, 0.4) is 0 Å². The van der Waals surface area contributed by atoms with Gasteiger partial charge in [0.05, 0.1) is 0 Å². The van der Waals surface area contributed by atoms with Crippen molar-refractivity contribution in [1.29, 1.82) is 0 Å². The molecular weight excluding hydrogens is 334 g/mol. The molecule has 0 spiro atoms. The van der Waals surface area contributed by atoms with Crippen LogP contribution in [0.2, 0.25) is 5.02 Å². The number of carbonyl (C=O) groups is 1. The average molecular weight is 346 g/mol. The van der Waals surface area contributed by atoms with Crippen LogP contribution in [0, 0.1) is 0 Å². The highest BCUT2D eigenvalue weighted by molar-refractivity contribution is 7.98. The Morgan fingerprint density at radius 2 is 1.78 bits per heavy atom. The van der Waals surface area contributed by atoms with E-state index in [2.05, 4.69) is 15.5 Å². The summed E-state index contributed by atoms with van der Waals surface area (Å²) in [4.78, 5) is 13.2. The molecule has 0 aliphatic rings. The fraction of sp³-hybridized carbons (Fsp3) is 0.0625. The predicted molar refractivity (Wildman–Crippen MR) is 90.9 cm³/mol. The molecule has 7 heteroatoms. The van der Waals surface area contributed by atoms with Gasteiger partial charge in [-0.05, 0) is 54.8 Å². The van der Waals surface area contributed by atoms with Crippen LogP contribution in [0.1, 0.15) is 10.4 Å². The van der Waals surface area contributed by atoms with Crippen molar-refractivity contribution in [2.24, 2.45) is 0 Å². The molecule has 0 fully saturated rings. The highest BCUT2D eigenvalue weighted by Crippen LogP contribution is 2.23. The molecule has 0 saturated carbocycles. The summed E-state index contributed by atoms with van der Waals surface area (Å²) in [6, 6.07) is 14.3. The molecular formula is C16H12ClN3O2S. The monoisotopic (exact) mass is 345 g/mol. The minimum Gasteiger partial charge on any atom is -0.403 e. The quantitative estimate of drug-likeness (QED) is 0.711. The summed E-state index contributed by atoms with van der Waals surface area (Å²) in [5, 5.41) is 10.9. The Kier molecular flexibility index (Phi) is 4.64. The zero-order chi connectivity index (χ0) is 16.2. The van der Waals surface area contributed by atoms with Gasteiger partial charge in [0.15, 0.2) is 0 Å². The first kappa shape index (κ1) is 15.6. The van der Waals surface area contributed by atoms with Crippen molar-refractivity contribution in [3.63, 3.8) is 0 Å². The molecule has 0 radical (unpaired) electrons. The normalized spacial score (nSPS) is 10.5. The maximum atomic E-state index is 12.1. The Hall–Kier alpha value is -2.31. The zero-order valence-electron chi connectivity index (χ0n) is 12.1. The summed E-state index contributed by atoms with van der Waals surface area (Å²) in [6.45, 7) is 0. The van der Waals surface area contributed by atoms with Crippen LogP contribution in [0.15, 0.2) is 57.8 Å². The van der Waals surface area contributed by atoms with E-state index in [1.165, 1.54) is 0 Å². The van der Waals surface area contributed by atoms with Crippen LogP contribution in [0.5, 0.6) is 0 Å². The Bertz CT molecular complexity index is 816. The second-order valence-electron chi connectivity index (χ2n) is 4.60. The molecule has 3 rings (SSSR count). The summed E-state index contributed by atoms with van der Waals surface area (Å²) < 4.78 is 5.47. The molecule has 0 atom stereocenters. The molecule has 0 aliphatic carbocycles. The van der Waals surface area contributed by atoms with Gasteiger partial charge in [-0.15, -0.1) is 16.9 Å². The fourth-order valence-electron chi connectivity index (χ4n) is 1.89. The van der Waals surface area contributed by atoms with E-state index >= 15 is 0 Å². The average Bonchev–Trinajstić information content (AvgIpc) is 3.04. The van der Waals surface area contributed by atoms with E-state index in [1.54, 1.807) is 36.0 Å². The van der Waals surface area contributed by atoms with Crippen molar-refractivity contribution in [1.82, 2.24) is 10.2 Å². The van der Waals surface area contributed by atoms with Gasteiger partial charge in [-0.1, -0.05) is 16.7 Å². The maximum absolute atomic E-state index is 12.1. The van der Waals surface area contributed by atoms with Crippen molar-refractivity contribution >= 4 is 35.3 Å². The first-order chi connectivity index (χ1) is 11.2. The number of amides is 1. The van der Waals surface area contributed by atoms with Gasteiger partial charge in [-0.25, -0.2) is 0 Å². The van der Waals surface area contributed by atoms with E-state index in [9.17, 15) is 4.79 Å². The minimum atomic E-state index is -0.338. The second-order valence-corrected chi connectivity index (χ2v) is 5.92. The molecule has 1 amide bonds. The van der Waals surface area contributed by atoms with E-state index in [1.807, 2.05) is 30.5 Å². The van der Waals surface area contributed by atoms with E-state index in [-0.39, 0.29) is 11.9 Å². The van der Waals surface area contributed by atoms with E-state index in [0.717, 1.165) is 10.5 Å². The molecule has 1 N–H and O–H groups in total. The smallest absolute Gasteiger partial charge is 0.322 e. The fourth-order valence-corrected chi connectivity index (χ4v) is 2.43. The van der Waals surface area contributed by atoms with Gasteiger partial charge >= 0.3 is 6.01 Å². The largest absolute Gasteiger partial charge is 0.403 e. The topological polar surface area (TPSA) is 68.0 Å². The second kappa shape index (κ2) is 6.85. The summed E-state index contributed by atoms with van der Waals surface area (Å²) in [6.07, 6.45) is 2.01. The van der Waals surface area contributed by atoms with Gasteiger partial charge in [0.1, 0.15) is 0 Å². The van der Waals surface area contributed by atoms with Gasteiger partial charge in [0.25, 0.3) is 5.91 Å². The molecule has 1 aromatic heterocycles. The van der Waals surface area contributed by atoms with Crippen molar-refractivity contribution in [3.8, 4) is 11.5 Å². The lowest BCUT2D eigenvalue weighted by molar-refractivity contribution is 0.102. The third-order valence-corrected chi connectivity index (χ3v) is 4.08. The summed E-state index contributed by atoms with van der Waals surface area (Å²) in [5.41, 5.74) is 1.25. The van der Waals surface area contributed by atoms with Gasteiger partial charge in [-0.3, -0.25) is 10.1 Å². The predicted octanol–water partition coefficient (Wildman–Crippen LogP) is 4.36. The zero-order valence-corrected chi connectivity index (χ0v) is 13.7. The summed E-state index contributed by atoms with van der Waals surface area (Å²) in [7, 11) is 0. The molecule has 5 nitrogen and oxygen atoms in total. The molecule has 0 bridgehead atoms. The Morgan fingerprint density at radius 1 is 1.09 bits per heavy atom. The Balaban J connectivity index is 1.73. The number of halogens is 1. The van der Waals surface area contributed by atoms with E-state index in [4.69, 9.17) is 16.0 Å². The number of thioether (sulfide) groups is 1. The van der Waals surface area contributed by atoms with Crippen molar-refractivity contribution in [3.05, 3.63) is 59.1 Å². The number of nitrogens with zero attached hydrogens (tertiary/aromatic N) is 2.